The second kappa shape index (κ2) is 5.45. The molecule has 0 aliphatic heterocycles. The van der Waals surface area contributed by atoms with E-state index in [-0.39, 0.29) is 0 Å². The third kappa shape index (κ3) is 5.80. The minimum atomic E-state index is 0.322. The van der Waals surface area contributed by atoms with E-state index in [4.69, 9.17) is 0 Å². The van der Waals surface area contributed by atoms with Crippen molar-refractivity contribution in [3.8, 4) is 0 Å². The molecular formula is C9H18O. The SMILES string of the molecule is CCCC(C)CCC(C)=O. The van der Waals surface area contributed by atoms with Gasteiger partial charge in [0.25, 0.3) is 0 Å². The maximum Gasteiger partial charge on any atom is 0.129 e. The van der Waals surface area contributed by atoms with E-state index < -0.39 is 0 Å². The molecule has 0 aliphatic carbocycles. The summed E-state index contributed by atoms with van der Waals surface area (Å²) in [6.07, 6.45) is 4.33. The van der Waals surface area contributed by atoms with Crippen molar-refractivity contribution in [1.82, 2.24) is 0 Å². The number of Topliss-reactive ketones (excluding diaryl/α,β-unsaturated/α-hetero) is 1. The smallest absolute Gasteiger partial charge is 0.129 e. The van der Waals surface area contributed by atoms with Crippen molar-refractivity contribution in [2.24, 2.45) is 5.92 Å². The van der Waals surface area contributed by atoms with Gasteiger partial charge in [0, 0.05) is 6.42 Å². The molecule has 0 amide bonds. The van der Waals surface area contributed by atoms with Crippen LogP contribution < -0.4 is 0 Å². The van der Waals surface area contributed by atoms with Gasteiger partial charge < -0.3 is 4.79 Å². The molecule has 1 unspecified atom stereocenters. The molecule has 10 heavy (non-hydrogen) atoms. The minimum absolute atomic E-state index is 0.322. The summed E-state index contributed by atoms with van der Waals surface area (Å²) in [6, 6.07) is 0. The largest absolute Gasteiger partial charge is 0.300 e. The van der Waals surface area contributed by atoms with E-state index in [1.54, 1.807) is 6.92 Å². The second-order valence-corrected chi connectivity index (χ2v) is 3.13. The van der Waals surface area contributed by atoms with Gasteiger partial charge in [-0.05, 0) is 19.3 Å². The van der Waals surface area contributed by atoms with Crippen LogP contribution >= 0.6 is 0 Å². The van der Waals surface area contributed by atoms with E-state index in [1.165, 1.54) is 12.8 Å². The third-order valence-corrected chi connectivity index (χ3v) is 1.77. The van der Waals surface area contributed by atoms with Gasteiger partial charge in [0.2, 0.25) is 0 Å². The first kappa shape index (κ1) is 9.67. The average molecular weight is 142 g/mol. The van der Waals surface area contributed by atoms with Gasteiger partial charge in [-0.2, -0.15) is 0 Å². The molecule has 0 saturated heterocycles. The highest BCUT2D eigenvalue weighted by molar-refractivity contribution is 5.75. The van der Waals surface area contributed by atoms with Crippen molar-refractivity contribution in [3.63, 3.8) is 0 Å². The molecule has 0 aromatic heterocycles. The minimum Gasteiger partial charge on any atom is -0.300 e. The van der Waals surface area contributed by atoms with Gasteiger partial charge in [0.05, 0.1) is 0 Å². The molecule has 0 aliphatic rings. The Labute approximate surface area is 63.8 Å². The predicted molar refractivity (Wildman–Crippen MR) is 44.0 cm³/mol. The first-order chi connectivity index (χ1) is 4.66. The molecular weight excluding hydrogens is 124 g/mol. The molecule has 0 bridgehead atoms. The van der Waals surface area contributed by atoms with Crippen molar-refractivity contribution in [2.75, 3.05) is 0 Å². The van der Waals surface area contributed by atoms with Crippen molar-refractivity contribution in [1.29, 1.82) is 0 Å². The number of ketones is 1. The zero-order chi connectivity index (χ0) is 7.98. The van der Waals surface area contributed by atoms with Crippen LogP contribution in [0.25, 0.3) is 0 Å². The zero-order valence-corrected chi connectivity index (χ0v) is 7.31. The van der Waals surface area contributed by atoms with E-state index in [1.807, 2.05) is 0 Å². The number of carbonyl (C=O) groups excluding carboxylic acids is 1. The monoisotopic (exact) mass is 142 g/mol. The van der Waals surface area contributed by atoms with E-state index in [2.05, 4.69) is 13.8 Å². The first-order valence-corrected chi connectivity index (χ1v) is 4.16. The molecule has 0 N–H and O–H groups in total. The quantitative estimate of drug-likeness (QED) is 0.577. The van der Waals surface area contributed by atoms with E-state index >= 15 is 0 Å². The lowest BCUT2D eigenvalue weighted by molar-refractivity contribution is -0.117. The van der Waals surface area contributed by atoms with Crippen LogP contribution in [0.3, 0.4) is 0 Å². The van der Waals surface area contributed by atoms with Gasteiger partial charge in [-0.25, -0.2) is 0 Å². The average Bonchev–Trinajstić information content (AvgIpc) is 1.85. The van der Waals surface area contributed by atoms with Crippen LogP contribution in [0.15, 0.2) is 0 Å². The fourth-order valence-corrected chi connectivity index (χ4v) is 1.09. The molecule has 0 saturated carbocycles. The Morgan fingerprint density at radius 1 is 1.40 bits per heavy atom. The molecule has 0 rings (SSSR count). The maximum atomic E-state index is 10.6. The Morgan fingerprint density at radius 2 is 2.00 bits per heavy atom. The van der Waals surface area contributed by atoms with Crippen molar-refractivity contribution >= 4 is 5.78 Å². The van der Waals surface area contributed by atoms with E-state index in [9.17, 15) is 4.79 Å². The number of rotatable bonds is 5. The standard InChI is InChI=1S/C9H18O/c1-4-5-8(2)6-7-9(3)10/h8H,4-7H2,1-3H3. The molecule has 0 fully saturated rings. The van der Waals surface area contributed by atoms with Crippen molar-refractivity contribution in [3.05, 3.63) is 0 Å². The molecule has 60 valence electrons. The Bertz CT molecular complexity index is 96.9. The molecule has 1 nitrogen and oxygen atoms in total. The Hall–Kier alpha value is -0.330. The van der Waals surface area contributed by atoms with Crippen molar-refractivity contribution in [2.45, 2.75) is 46.5 Å². The summed E-state index contributed by atoms with van der Waals surface area (Å²) >= 11 is 0. The topological polar surface area (TPSA) is 17.1 Å². The molecule has 1 atom stereocenters. The summed E-state index contributed by atoms with van der Waals surface area (Å²) in [5.74, 6) is 1.05. The molecule has 0 aromatic carbocycles. The lowest BCUT2D eigenvalue weighted by Crippen LogP contribution is -1.98. The first-order valence-electron chi connectivity index (χ1n) is 4.16. The van der Waals surface area contributed by atoms with E-state index in [0.29, 0.717) is 5.78 Å². The highest BCUT2D eigenvalue weighted by atomic mass is 16.1. The lowest BCUT2D eigenvalue weighted by Gasteiger charge is -2.06. The Kier molecular flexibility index (Phi) is 5.27. The van der Waals surface area contributed by atoms with Gasteiger partial charge in [-0.15, -0.1) is 0 Å². The summed E-state index contributed by atoms with van der Waals surface area (Å²) in [7, 11) is 0. The van der Waals surface area contributed by atoms with Crippen LogP contribution in [0.2, 0.25) is 0 Å². The van der Waals surface area contributed by atoms with Crippen LogP contribution in [0, 0.1) is 5.92 Å². The fourth-order valence-electron chi connectivity index (χ4n) is 1.09. The normalized spacial score (nSPS) is 13.1. The zero-order valence-electron chi connectivity index (χ0n) is 7.31. The second-order valence-electron chi connectivity index (χ2n) is 3.13. The van der Waals surface area contributed by atoms with Crippen LogP contribution in [0.1, 0.15) is 46.5 Å². The van der Waals surface area contributed by atoms with Gasteiger partial charge >= 0.3 is 0 Å². The molecule has 0 spiro atoms. The fraction of sp³-hybridized carbons (Fsp3) is 0.889. The highest BCUT2D eigenvalue weighted by Gasteiger charge is 2.01. The summed E-state index contributed by atoms with van der Waals surface area (Å²) in [5, 5.41) is 0. The summed E-state index contributed by atoms with van der Waals surface area (Å²) < 4.78 is 0. The van der Waals surface area contributed by atoms with Crippen molar-refractivity contribution < 1.29 is 4.79 Å². The maximum absolute atomic E-state index is 10.6. The Balaban J connectivity index is 3.21. The summed E-state index contributed by atoms with van der Waals surface area (Å²) in [4.78, 5) is 10.6. The van der Waals surface area contributed by atoms with E-state index in [0.717, 1.165) is 18.8 Å². The van der Waals surface area contributed by atoms with Gasteiger partial charge in [-0.3, -0.25) is 0 Å². The predicted octanol–water partition coefficient (Wildman–Crippen LogP) is 2.79. The molecule has 0 heterocycles. The van der Waals surface area contributed by atoms with Crippen LogP contribution in [0.5, 0.6) is 0 Å². The lowest BCUT2D eigenvalue weighted by atomic mass is 9.99. The van der Waals surface area contributed by atoms with Gasteiger partial charge in [0.1, 0.15) is 5.78 Å². The number of hydrogen-bond acceptors (Lipinski definition) is 1. The van der Waals surface area contributed by atoms with Gasteiger partial charge in [-0.1, -0.05) is 26.7 Å². The highest BCUT2D eigenvalue weighted by Crippen LogP contribution is 2.11. The summed E-state index contributed by atoms with van der Waals surface area (Å²) in [5.41, 5.74) is 0. The number of carbonyl (C=O) groups is 1. The Morgan fingerprint density at radius 3 is 2.40 bits per heavy atom. The summed E-state index contributed by atoms with van der Waals surface area (Å²) in [6.45, 7) is 6.06. The molecule has 0 radical (unpaired) electrons. The molecule has 0 aromatic rings. The molecule has 1 heteroatoms. The van der Waals surface area contributed by atoms with Crippen LogP contribution in [-0.4, -0.2) is 5.78 Å². The third-order valence-electron chi connectivity index (χ3n) is 1.77. The van der Waals surface area contributed by atoms with Gasteiger partial charge in [0.15, 0.2) is 0 Å². The van der Waals surface area contributed by atoms with Crippen LogP contribution in [0.4, 0.5) is 0 Å². The number of hydrogen-bond donors (Lipinski definition) is 0. The van der Waals surface area contributed by atoms with Crippen LogP contribution in [-0.2, 0) is 4.79 Å².